The Labute approximate surface area is 145 Å². The third-order valence-electron chi connectivity index (χ3n) is 6.09. The van der Waals surface area contributed by atoms with E-state index in [1.165, 1.54) is 37.7 Å². The van der Waals surface area contributed by atoms with E-state index in [0.29, 0.717) is 18.1 Å². The summed E-state index contributed by atoms with van der Waals surface area (Å²) in [5, 5.41) is 3.32. The molecule has 0 saturated carbocycles. The molecule has 4 rings (SSSR count). The zero-order valence-electron chi connectivity index (χ0n) is 14.5. The lowest BCUT2D eigenvalue weighted by molar-refractivity contribution is 0.144. The normalized spacial score (nSPS) is 29.8. The average Bonchev–Trinajstić information content (AvgIpc) is 3.15. The smallest absolute Gasteiger partial charge is 0.318 e. The van der Waals surface area contributed by atoms with Crippen molar-refractivity contribution in [1.82, 2.24) is 15.1 Å². The van der Waals surface area contributed by atoms with Crippen LogP contribution in [0.3, 0.4) is 0 Å². The van der Waals surface area contributed by atoms with Gasteiger partial charge in [-0.25, -0.2) is 4.79 Å². The molecule has 130 valence electrons. The molecule has 0 spiro atoms. The molecule has 3 aliphatic heterocycles. The van der Waals surface area contributed by atoms with Crippen molar-refractivity contribution < 1.29 is 4.79 Å². The van der Waals surface area contributed by atoms with Gasteiger partial charge in [0, 0.05) is 37.8 Å². The molecule has 2 unspecified atom stereocenters. The van der Waals surface area contributed by atoms with E-state index >= 15 is 0 Å². The predicted octanol–water partition coefficient (Wildman–Crippen LogP) is 3.03. The van der Waals surface area contributed by atoms with Gasteiger partial charge in [0.1, 0.15) is 0 Å². The summed E-state index contributed by atoms with van der Waals surface area (Å²) in [6.45, 7) is 3.19. The molecule has 3 fully saturated rings. The molecule has 4 nitrogen and oxygen atoms in total. The van der Waals surface area contributed by atoms with Gasteiger partial charge < -0.3 is 15.1 Å². The lowest BCUT2D eigenvalue weighted by Gasteiger charge is -2.35. The second kappa shape index (κ2) is 7.14. The highest BCUT2D eigenvalue weighted by molar-refractivity contribution is 5.75. The van der Waals surface area contributed by atoms with Crippen LogP contribution in [0.25, 0.3) is 0 Å². The standard InChI is InChI=1S/C20H29N3O/c24-20(23-18-7-4-8-19(23)10-9-18)21-17-12-14-22(15-17)13-11-16-5-2-1-3-6-16/h1-3,5-6,17-19H,4,7-15H2,(H,21,24)/t17-,18?,19?/m0/s1. The summed E-state index contributed by atoms with van der Waals surface area (Å²) >= 11 is 0. The van der Waals surface area contributed by atoms with E-state index in [2.05, 4.69) is 45.4 Å². The molecule has 0 aliphatic carbocycles. The van der Waals surface area contributed by atoms with Crippen LogP contribution < -0.4 is 5.32 Å². The van der Waals surface area contributed by atoms with Crippen molar-refractivity contribution in [2.75, 3.05) is 19.6 Å². The van der Waals surface area contributed by atoms with Crippen molar-refractivity contribution in [3.8, 4) is 0 Å². The topological polar surface area (TPSA) is 35.6 Å². The Morgan fingerprint density at radius 1 is 1.04 bits per heavy atom. The molecule has 1 aromatic carbocycles. The van der Waals surface area contributed by atoms with Crippen LogP contribution in [0.5, 0.6) is 0 Å². The molecule has 3 saturated heterocycles. The van der Waals surface area contributed by atoms with Crippen LogP contribution in [0, 0.1) is 0 Å². The third-order valence-corrected chi connectivity index (χ3v) is 6.09. The molecule has 4 heteroatoms. The second-order valence-electron chi connectivity index (χ2n) is 7.69. The number of piperidine rings is 1. The summed E-state index contributed by atoms with van der Waals surface area (Å²) in [6, 6.07) is 12.2. The number of amides is 2. The largest absolute Gasteiger partial charge is 0.334 e. The number of hydrogen-bond donors (Lipinski definition) is 1. The van der Waals surface area contributed by atoms with E-state index in [-0.39, 0.29) is 6.03 Å². The second-order valence-corrected chi connectivity index (χ2v) is 7.69. The summed E-state index contributed by atoms with van der Waals surface area (Å²) in [7, 11) is 0. The van der Waals surface area contributed by atoms with Crippen LogP contribution in [0.1, 0.15) is 44.1 Å². The van der Waals surface area contributed by atoms with Gasteiger partial charge in [0.25, 0.3) is 0 Å². The monoisotopic (exact) mass is 327 g/mol. The minimum absolute atomic E-state index is 0.206. The SMILES string of the molecule is O=C(N[C@H]1CCN(CCc2ccccc2)C1)N1C2CCCC1CC2. The number of fused-ring (bicyclic) bond motifs is 2. The molecule has 24 heavy (non-hydrogen) atoms. The van der Waals surface area contributed by atoms with E-state index in [1.807, 2.05) is 0 Å². The van der Waals surface area contributed by atoms with Crippen LogP contribution in [-0.2, 0) is 6.42 Å². The maximum Gasteiger partial charge on any atom is 0.318 e. The average molecular weight is 327 g/mol. The third kappa shape index (κ3) is 3.44. The van der Waals surface area contributed by atoms with E-state index in [4.69, 9.17) is 0 Å². The fourth-order valence-electron chi connectivity index (χ4n) is 4.78. The Bertz CT molecular complexity index is 545. The summed E-state index contributed by atoms with van der Waals surface area (Å²) in [5.74, 6) is 0. The first-order chi connectivity index (χ1) is 11.8. The summed E-state index contributed by atoms with van der Waals surface area (Å²) in [5.41, 5.74) is 1.40. The van der Waals surface area contributed by atoms with Crippen LogP contribution in [-0.4, -0.2) is 53.6 Å². The number of nitrogens with zero attached hydrogens (tertiary/aromatic N) is 2. The minimum Gasteiger partial charge on any atom is -0.334 e. The molecular formula is C20H29N3O. The number of carbonyl (C=O) groups excluding carboxylic acids is 1. The van der Waals surface area contributed by atoms with Crippen molar-refractivity contribution in [2.24, 2.45) is 0 Å². The molecule has 2 bridgehead atoms. The fourth-order valence-corrected chi connectivity index (χ4v) is 4.78. The van der Waals surface area contributed by atoms with E-state index in [0.717, 1.165) is 32.5 Å². The Balaban J connectivity index is 1.24. The highest BCUT2D eigenvalue weighted by Gasteiger charge is 2.40. The number of rotatable bonds is 4. The van der Waals surface area contributed by atoms with Crippen molar-refractivity contribution in [3.63, 3.8) is 0 Å². The first kappa shape index (κ1) is 15.9. The molecule has 1 aromatic rings. The lowest BCUT2D eigenvalue weighted by atomic mass is 10.0. The van der Waals surface area contributed by atoms with Crippen LogP contribution >= 0.6 is 0 Å². The van der Waals surface area contributed by atoms with E-state index in [9.17, 15) is 4.79 Å². The van der Waals surface area contributed by atoms with Crippen molar-refractivity contribution in [1.29, 1.82) is 0 Å². The van der Waals surface area contributed by atoms with Gasteiger partial charge >= 0.3 is 6.03 Å². The van der Waals surface area contributed by atoms with Gasteiger partial charge in [-0.05, 0) is 50.5 Å². The molecule has 3 aliphatic rings. The summed E-state index contributed by atoms with van der Waals surface area (Å²) < 4.78 is 0. The van der Waals surface area contributed by atoms with Gasteiger partial charge in [-0.1, -0.05) is 30.3 Å². The Kier molecular flexibility index (Phi) is 4.74. The summed E-state index contributed by atoms with van der Waals surface area (Å²) in [6.07, 6.45) is 8.32. The summed E-state index contributed by atoms with van der Waals surface area (Å²) in [4.78, 5) is 17.4. The zero-order valence-corrected chi connectivity index (χ0v) is 14.5. The number of nitrogens with one attached hydrogen (secondary N) is 1. The van der Waals surface area contributed by atoms with Gasteiger partial charge in [-0.15, -0.1) is 0 Å². The van der Waals surface area contributed by atoms with E-state index < -0.39 is 0 Å². The maximum atomic E-state index is 12.7. The van der Waals surface area contributed by atoms with Crippen molar-refractivity contribution in [3.05, 3.63) is 35.9 Å². The van der Waals surface area contributed by atoms with Gasteiger partial charge in [-0.3, -0.25) is 0 Å². The molecule has 3 atom stereocenters. The minimum atomic E-state index is 0.206. The van der Waals surface area contributed by atoms with Crippen LogP contribution in [0.4, 0.5) is 4.79 Å². The van der Waals surface area contributed by atoms with Gasteiger partial charge in [-0.2, -0.15) is 0 Å². The molecule has 0 aromatic heterocycles. The first-order valence-corrected chi connectivity index (χ1v) is 9.65. The number of likely N-dealkylation sites (tertiary alicyclic amines) is 1. The van der Waals surface area contributed by atoms with Gasteiger partial charge in [0.15, 0.2) is 0 Å². The quantitative estimate of drug-likeness (QED) is 0.923. The van der Waals surface area contributed by atoms with Gasteiger partial charge in [0.2, 0.25) is 0 Å². The number of urea groups is 1. The van der Waals surface area contributed by atoms with Crippen LogP contribution in [0.2, 0.25) is 0 Å². The molecule has 2 amide bonds. The van der Waals surface area contributed by atoms with Crippen molar-refractivity contribution >= 4 is 6.03 Å². The molecular weight excluding hydrogens is 298 g/mol. The first-order valence-electron chi connectivity index (χ1n) is 9.65. The van der Waals surface area contributed by atoms with Crippen LogP contribution in [0.15, 0.2) is 30.3 Å². The lowest BCUT2D eigenvalue weighted by Crippen LogP contribution is -2.52. The highest BCUT2D eigenvalue weighted by atomic mass is 16.2. The van der Waals surface area contributed by atoms with Gasteiger partial charge in [0.05, 0.1) is 0 Å². The Morgan fingerprint density at radius 2 is 1.79 bits per heavy atom. The maximum absolute atomic E-state index is 12.7. The Hall–Kier alpha value is -1.55. The number of hydrogen-bond acceptors (Lipinski definition) is 2. The number of carbonyl (C=O) groups is 1. The van der Waals surface area contributed by atoms with Crippen molar-refractivity contribution in [2.45, 2.75) is 63.1 Å². The zero-order chi connectivity index (χ0) is 16.4. The number of benzene rings is 1. The predicted molar refractivity (Wildman–Crippen MR) is 96.0 cm³/mol. The fraction of sp³-hybridized carbons (Fsp3) is 0.650. The molecule has 3 heterocycles. The Morgan fingerprint density at radius 3 is 2.54 bits per heavy atom. The highest BCUT2D eigenvalue weighted by Crippen LogP contribution is 2.35. The van der Waals surface area contributed by atoms with E-state index in [1.54, 1.807) is 0 Å². The molecule has 1 N–H and O–H groups in total. The molecule has 0 radical (unpaired) electrons.